The van der Waals surface area contributed by atoms with Gasteiger partial charge in [-0.15, -0.1) is 0 Å². The topological polar surface area (TPSA) is 68.0 Å². The fraction of sp³-hybridized carbons (Fsp3) is 0.154. The van der Waals surface area contributed by atoms with Crippen molar-refractivity contribution in [3.05, 3.63) is 47.8 Å². The standard InChI is InChI=1S/C13H13N3O2S/c1-16-13(14-9-15-16)19-8-11-5-3-2-4-10(11)6-7-12(17)18/h2-7,9H,8H2,1H3,(H,17,18)/b7-6+. The van der Waals surface area contributed by atoms with Gasteiger partial charge in [-0.05, 0) is 17.2 Å². The van der Waals surface area contributed by atoms with Gasteiger partial charge in [0, 0.05) is 18.9 Å². The Bertz CT molecular complexity index is 607. The van der Waals surface area contributed by atoms with Gasteiger partial charge in [-0.25, -0.2) is 14.5 Å². The number of nitrogens with zero attached hydrogens (tertiary/aromatic N) is 3. The molecule has 0 unspecified atom stereocenters. The highest BCUT2D eigenvalue weighted by Gasteiger charge is 2.04. The van der Waals surface area contributed by atoms with Crippen molar-refractivity contribution in [1.82, 2.24) is 14.8 Å². The number of hydrogen-bond acceptors (Lipinski definition) is 4. The van der Waals surface area contributed by atoms with Gasteiger partial charge in [0.05, 0.1) is 0 Å². The Labute approximate surface area is 115 Å². The molecule has 19 heavy (non-hydrogen) atoms. The second kappa shape index (κ2) is 6.19. The summed E-state index contributed by atoms with van der Waals surface area (Å²) >= 11 is 1.56. The largest absolute Gasteiger partial charge is 0.478 e. The maximum atomic E-state index is 10.6. The second-order valence-electron chi connectivity index (χ2n) is 3.83. The number of thioether (sulfide) groups is 1. The summed E-state index contributed by atoms with van der Waals surface area (Å²) in [6.07, 6.45) is 4.26. The van der Waals surface area contributed by atoms with Crippen molar-refractivity contribution in [2.75, 3.05) is 0 Å². The Hall–Kier alpha value is -2.08. The van der Waals surface area contributed by atoms with Crippen molar-refractivity contribution in [3.8, 4) is 0 Å². The van der Waals surface area contributed by atoms with E-state index in [1.807, 2.05) is 31.3 Å². The summed E-state index contributed by atoms with van der Waals surface area (Å²) < 4.78 is 1.71. The lowest BCUT2D eigenvalue weighted by atomic mass is 10.1. The number of hydrogen-bond donors (Lipinski definition) is 1. The van der Waals surface area contributed by atoms with Crippen molar-refractivity contribution in [2.45, 2.75) is 10.9 Å². The third-order valence-corrected chi connectivity index (χ3v) is 3.57. The molecule has 1 aromatic heterocycles. The number of benzene rings is 1. The van der Waals surface area contributed by atoms with Crippen molar-refractivity contribution in [1.29, 1.82) is 0 Å². The van der Waals surface area contributed by atoms with Gasteiger partial charge in [0.25, 0.3) is 0 Å². The van der Waals surface area contributed by atoms with E-state index in [1.165, 1.54) is 6.33 Å². The summed E-state index contributed by atoms with van der Waals surface area (Å²) in [7, 11) is 1.84. The molecule has 1 N–H and O–H groups in total. The molecule has 1 heterocycles. The number of carboxylic acids is 1. The Morgan fingerprint density at radius 1 is 1.47 bits per heavy atom. The van der Waals surface area contributed by atoms with E-state index in [2.05, 4.69) is 10.1 Å². The molecule has 2 rings (SSSR count). The summed E-state index contributed by atoms with van der Waals surface area (Å²) in [5.74, 6) is -0.233. The molecule has 0 amide bonds. The zero-order chi connectivity index (χ0) is 13.7. The molecule has 2 aromatic rings. The molecule has 0 aliphatic heterocycles. The van der Waals surface area contributed by atoms with Gasteiger partial charge in [0.15, 0.2) is 5.16 Å². The monoisotopic (exact) mass is 275 g/mol. The maximum Gasteiger partial charge on any atom is 0.328 e. The second-order valence-corrected chi connectivity index (χ2v) is 4.77. The predicted molar refractivity (Wildman–Crippen MR) is 73.7 cm³/mol. The minimum absolute atomic E-state index is 0.715. The van der Waals surface area contributed by atoms with Crippen LogP contribution in [-0.2, 0) is 17.6 Å². The van der Waals surface area contributed by atoms with Gasteiger partial charge in [0.2, 0.25) is 0 Å². The van der Waals surface area contributed by atoms with Crippen LogP contribution in [0.5, 0.6) is 0 Å². The fourth-order valence-electron chi connectivity index (χ4n) is 1.55. The molecule has 1 aromatic carbocycles. The minimum Gasteiger partial charge on any atom is -0.478 e. The van der Waals surface area contributed by atoms with E-state index >= 15 is 0 Å². The van der Waals surface area contributed by atoms with E-state index in [0.29, 0.717) is 5.75 Å². The maximum absolute atomic E-state index is 10.6. The normalized spacial score (nSPS) is 11.0. The first kappa shape index (κ1) is 13.4. The van der Waals surface area contributed by atoms with Gasteiger partial charge < -0.3 is 5.11 Å². The van der Waals surface area contributed by atoms with Crippen LogP contribution < -0.4 is 0 Å². The van der Waals surface area contributed by atoms with Crippen LogP contribution >= 0.6 is 11.8 Å². The molecule has 0 aliphatic carbocycles. The van der Waals surface area contributed by atoms with Crippen LogP contribution in [0.2, 0.25) is 0 Å². The molecule has 98 valence electrons. The molecule has 0 saturated carbocycles. The predicted octanol–water partition coefficient (Wildman–Crippen LogP) is 2.21. The molecule has 0 atom stereocenters. The van der Waals surface area contributed by atoms with Crippen LogP contribution in [0.1, 0.15) is 11.1 Å². The Morgan fingerprint density at radius 2 is 2.26 bits per heavy atom. The number of aromatic nitrogens is 3. The third-order valence-electron chi connectivity index (χ3n) is 2.49. The van der Waals surface area contributed by atoms with Gasteiger partial charge in [0.1, 0.15) is 6.33 Å². The Balaban J connectivity index is 2.12. The molecule has 0 saturated heterocycles. The molecule has 5 nitrogen and oxygen atoms in total. The lowest BCUT2D eigenvalue weighted by Gasteiger charge is -2.05. The van der Waals surface area contributed by atoms with Gasteiger partial charge >= 0.3 is 5.97 Å². The lowest BCUT2D eigenvalue weighted by molar-refractivity contribution is -0.131. The summed E-state index contributed by atoms with van der Waals surface area (Å²) in [5, 5.41) is 13.5. The van der Waals surface area contributed by atoms with E-state index in [4.69, 9.17) is 5.11 Å². The van der Waals surface area contributed by atoms with Crippen molar-refractivity contribution >= 4 is 23.8 Å². The first-order valence-corrected chi connectivity index (χ1v) is 6.61. The highest BCUT2D eigenvalue weighted by Crippen LogP contribution is 2.22. The van der Waals surface area contributed by atoms with Gasteiger partial charge in [-0.2, -0.15) is 5.10 Å². The molecule has 0 aliphatic rings. The number of rotatable bonds is 5. The highest BCUT2D eigenvalue weighted by molar-refractivity contribution is 7.98. The van der Waals surface area contributed by atoms with Crippen molar-refractivity contribution in [2.24, 2.45) is 7.05 Å². The molecule has 0 radical (unpaired) electrons. The highest BCUT2D eigenvalue weighted by atomic mass is 32.2. The molecule has 0 bridgehead atoms. The summed E-state index contributed by atoms with van der Waals surface area (Å²) in [6, 6.07) is 7.69. The first-order valence-electron chi connectivity index (χ1n) is 5.62. The first-order chi connectivity index (χ1) is 9.16. The summed E-state index contributed by atoms with van der Waals surface area (Å²) in [6.45, 7) is 0. The average Bonchev–Trinajstić information content (AvgIpc) is 2.80. The van der Waals surface area contributed by atoms with E-state index in [0.717, 1.165) is 22.4 Å². The van der Waals surface area contributed by atoms with E-state index in [-0.39, 0.29) is 0 Å². The van der Waals surface area contributed by atoms with E-state index in [1.54, 1.807) is 22.5 Å². The molecular formula is C13H13N3O2S. The number of aliphatic carboxylic acids is 1. The number of carboxylic acid groups (broad SMARTS) is 1. The lowest BCUT2D eigenvalue weighted by Crippen LogP contribution is -1.94. The minimum atomic E-state index is -0.948. The zero-order valence-corrected chi connectivity index (χ0v) is 11.2. The molecule has 6 heteroatoms. The summed E-state index contributed by atoms with van der Waals surface area (Å²) in [4.78, 5) is 14.7. The van der Waals surface area contributed by atoms with Crippen LogP contribution in [0.15, 0.2) is 41.8 Å². The average molecular weight is 275 g/mol. The van der Waals surface area contributed by atoms with Crippen LogP contribution in [0.4, 0.5) is 0 Å². The Kier molecular flexibility index (Phi) is 4.35. The van der Waals surface area contributed by atoms with Crippen molar-refractivity contribution in [3.63, 3.8) is 0 Å². The van der Waals surface area contributed by atoms with Gasteiger partial charge in [-0.3, -0.25) is 0 Å². The van der Waals surface area contributed by atoms with Gasteiger partial charge in [-0.1, -0.05) is 36.0 Å². The number of aryl methyl sites for hydroxylation is 1. The zero-order valence-electron chi connectivity index (χ0n) is 10.4. The van der Waals surface area contributed by atoms with Crippen LogP contribution in [0, 0.1) is 0 Å². The third kappa shape index (κ3) is 3.69. The van der Waals surface area contributed by atoms with E-state index < -0.39 is 5.97 Å². The summed E-state index contributed by atoms with van der Waals surface area (Å²) in [5.41, 5.74) is 1.97. The Morgan fingerprint density at radius 3 is 2.95 bits per heavy atom. The number of carbonyl (C=O) groups is 1. The smallest absolute Gasteiger partial charge is 0.328 e. The van der Waals surface area contributed by atoms with Crippen molar-refractivity contribution < 1.29 is 9.90 Å². The van der Waals surface area contributed by atoms with Crippen LogP contribution in [-0.4, -0.2) is 25.8 Å². The quantitative estimate of drug-likeness (QED) is 0.669. The van der Waals surface area contributed by atoms with Crippen LogP contribution in [0.25, 0.3) is 6.08 Å². The van der Waals surface area contributed by atoms with E-state index in [9.17, 15) is 4.79 Å². The molecule has 0 spiro atoms. The molecular weight excluding hydrogens is 262 g/mol. The molecule has 0 fully saturated rings. The fourth-order valence-corrected chi connectivity index (χ4v) is 2.45. The SMILES string of the molecule is Cn1ncnc1SCc1ccccc1/C=C/C(=O)O. The van der Waals surface area contributed by atoms with Crippen LogP contribution in [0.3, 0.4) is 0 Å².